The zero-order chi connectivity index (χ0) is 27.3. The summed E-state index contributed by atoms with van der Waals surface area (Å²) in [4.78, 5) is 38.2. The lowest BCUT2D eigenvalue weighted by atomic mass is 10.0. The van der Waals surface area contributed by atoms with E-state index < -0.39 is 30.4 Å². The third kappa shape index (κ3) is 11.9. The number of benzene rings is 1. The van der Waals surface area contributed by atoms with Crippen LogP contribution in [-0.2, 0) is 30.4 Å². The van der Waals surface area contributed by atoms with E-state index in [1.54, 1.807) is 20.8 Å². The first-order chi connectivity index (χ1) is 16.9. The minimum Gasteiger partial charge on any atom is -0.445 e. The fraction of sp³-hybridized carbons (Fsp3) is 0.667. The maximum Gasteiger partial charge on any atom is 0.408 e. The van der Waals surface area contributed by atoms with E-state index in [1.165, 1.54) is 0 Å². The number of nitrogens with one attached hydrogen (secondary N) is 3. The lowest BCUT2D eigenvalue weighted by Crippen LogP contribution is -2.57. The molecule has 0 spiro atoms. The van der Waals surface area contributed by atoms with Crippen molar-refractivity contribution in [3.8, 4) is 0 Å². The molecule has 9 nitrogen and oxygen atoms in total. The summed E-state index contributed by atoms with van der Waals surface area (Å²) in [5, 5.41) is 8.28. The van der Waals surface area contributed by atoms with E-state index in [0.29, 0.717) is 6.42 Å². The van der Waals surface area contributed by atoms with Crippen LogP contribution in [0.4, 0.5) is 4.79 Å². The van der Waals surface area contributed by atoms with Crippen LogP contribution in [0, 0.1) is 5.92 Å². The molecular weight excluding hydrogens is 462 g/mol. The Morgan fingerprint density at radius 1 is 0.806 bits per heavy atom. The molecule has 3 N–H and O–H groups in total. The molecule has 1 unspecified atom stereocenters. The standard InChI is InChI=1S/C27H45N3O6/c1-9-13-22(26(35-18(4)5)36-19(6)7)29-24(31)20(8)28-25(32)23(17(2)3)30-27(33)34-16-21-14-11-10-12-15-21/h10-12,14-15,17-20,22-23,26H,9,13,16H2,1-8H3,(H,28,32)(H,29,31)(H,30,33)/t20-,22?,23-/m0/s1. The van der Waals surface area contributed by atoms with Crippen LogP contribution in [0.2, 0.25) is 0 Å². The van der Waals surface area contributed by atoms with Gasteiger partial charge in [0.25, 0.3) is 0 Å². The van der Waals surface area contributed by atoms with E-state index in [-0.39, 0.29) is 36.7 Å². The third-order valence-electron chi connectivity index (χ3n) is 5.26. The van der Waals surface area contributed by atoms with Crippen LogP contribution in [0.25, 0.3) is 0 Å². The summed E-state index contributed by atoms with van der Waals surface area (Å²) >= 11 is 0. The van der Waals surface area contributed by atoms with Crippen LogP contribution >= 0.6 is 0 Å². The first kappa shape index (κ1) is 31.4. The van der Waals surface area contributed by atoms with Crippen molar-refractivity contribution in [3.63, 3.8) is 0 Å². The maximum absolute atomic E-state index is 13.0. The molecule has 0 saturated carbocycles. The van der Waals surface area contributed by atoms with E-state index >= 15 is 0 Å². The largest absolute Gasteiger partial charge is 0.445 e. The predicted molar refractivity (Wildman–Crippen MR) is 139 cm³/mol. The number of rotatable bonds is 15. The van der Waals surface area contributed by atoms with Crippen LogP contribution in [0.1, 0.15) is 73.8 Å². The Labute approximate surface area is 216 Å². The average molecular weight is 508 g/mol. The third-order valence-corrected chi connectivity index (χ3v) is 5.26. The molecule has 0 aromatic heterocycles. The van der Waals surface area contributed by atoms with Gasteiger partial charge in [0, 0.05) is 0 Å². The van der Waals surface area contributed by atoms with Gasteiger partial charge >= 0.3 is 6.09 Å². The van der Waals surface area contributed by atoms with Gasteiger partial charge in [0.15, 0.2) is 6.29 Å². The normalized spacial score (nSPS) is 14.0. The molecule has 0 heterocycles. The van der Waals surface area contributed by atoms with Gasteiger partial charge in [0.05, 0.1) is 18.2 Å². The molecule has 0 radical (unpaired) electrons. The van der Waals surface area contributed by atoms with E-state index in [0.717, 1.165) is 12.0 Å². The van der Waals surface area contributed by atoms with Crippen molar-refractivity contribution in [2.24, 2.45) is 5.92 Å². The fourth-order valence-electron chi connectivity index (χ4n) is 3.45. The van der Waals surface area contributed by atoms with Crippen LogP contribution < -0.4 is 16.0 Å². The van der Waals surface area contributed by atoms with Gasteiger partial charge in [-0.3, -0.25) is 9.59 Å². The summed E-state index contributed by atoms with van der Waals surface area (Å²) in [6, 6.07) is 7.19. The van der Waals surface area contributed by atoms with Crippen molar-refractivity contribution < 1.29 is 28.6 Å². The molecule has 1 aromatic rings. The summed E-state index contributed by atoms with van der Waals surface area (Å²) in [7, 11) is 0. The molecule has 204 valence electrons. The van der Waals surface area contributed by atoms with Gasteiger partial charge in [-0.05, 0) is 52.5 Å². The molecule has 1 aromatic carbocycles. The minimum atomic E-state index is -0.865. The van der Waals surface area contributed by atoms with E-state index in [9.17, 15) is 14.4 Å². The first-order valence-electron chi connectivity index (χ1n) is 12.8. The van der Waals surface area contributed by atoms with Crippen LogP contribution in [-0.4, -0.2) is 54.5 Å². The van der Waals surface area contributed by atoms with Crippen molar-refractivity contribution >= 4 is 17.9 Å². The quantitative estimate of drug-likeness (QED) is 0.310. The highest BCUT2D eigenvalue weighted by molar-refractivity contribution is 5.91. The summed E-state index contributed by atoms with van der Waals surface area (Å²) in [6.07, 6.45) is -0.00735. The number of alkyl carbamates (subject to hydrolysis) is 1. The van der Waals surface area contributed by atoms with Crippen LogP contribution in [0.15, 0.2) is 30.3 Å². The molecule has 0 aliphatic rings. The van der Waals surface area contributed by atoms with Gasteiger partial charge in [0.2, 0.25) is 11.8 Å². The average Bonchev–Trinajstić information content (AvgIpc) is 2.80. The zero-order valence-electron chi connectivity index (χ0n) is 23.0. The lowest BCUT2D eigenvalue weighted by Gasteiger charge is -2.32. The van der Waals surface area contributed by atoms with Crippen LogP contribution in [0.3, 0.4) is 0 Å². The topological polar surface area (TPSA) is 115 Å². The molecule has 0 aliphatic heterocycles. The smallest absolute Gasteiger partial charge is 0.408 e. The maximum atomic E-state index is 13.0. The van der Waals surface area contributed by atoms with E-state index in [1.807, 2.05) is 65.0 Å². The number of carbonyl (C=O) groups is 3. The highest BCUT2D eigenvalue weighted by Gasteiger charge is 2.31. The van der Waals surface area contributed by atoms with Gasteiger partial charge < -0.3 is 30.2 Å². The van der Waals surface area contributed by atoms with Gasteiger partial charge in [-0.2, -0.15) is 0 Å². The van der Waals surface area contributed by atoms with Crippen molar-refractivity contribution in [2.75, 3.05) is 0 Å². The van der Waals surface area contributed by atoms with Crippen molar-refractivity contribution in [1.82, 2.24) is 16.0 Å². The molecule has 3 amide bonds. The van der Waals surface area contributed by atoms with Crippen molar-refractivity contribution in [1.29, 1.82) is 0 Å². The zero-order valence-corrected chi connectivity index (χ0v) is 23.0. The van der Waals surface area contributed by atoms with Gasteiger partial charge in [0.1, 0.15) is 18.7 Å². The number of hydrogen-bond donors (Lipinski definition) is 3. The molecule has 0 bridgehead atoms. The second-order valence-electron chi connectivity index (χ2n) is 9.80. The van der Waals surface area contributed by atoms with E-state index in [4.69, 9.17) is 14.2 Å². The monoisotopic (exact) mass is 507 g/mol. The number of ether oxygens (including phenoxy) is 3. The van der Waals surface area contributed by atoms with Crippen LogP contribution in [0.5, 0.6) is 0 Å². The summed E-state index contributed by atoms with van der Waals surface area (Å²) in [5.74, 6) is -1.05. The first-order valence-corrected chi connectivity index (χ1v) is 12.8. The SMILES string of the molecule is CCCC(NC(=O)[C@H](C)NC(=O)[C@@H](NC(=O)OCc1ccccc1)C(C)C)C(OC(C)C)OC(C)C. The lowest BCUT2D eigenvalue weighted by molar-refractivity contribution is -0.197. The Hall–Kier alpha value is -2.65. The van der Waals surface area contributed by atoms with Crippen molar-refractivity contribution in [2.45, 2.75) is 111 Å². The van der Waals surface area contributed by atoms with Gasteiger partial charge in [-0.1, -0.05) is 57.5 Å². The van der Waals surface area contributed by atoms with Gasteiger partial charge in [-0.25, -0.2) is 4.79 Å². The Kier molecular flexibility index (Phi) is 14.1. The molecule has 0 aliphatic carbocycles. The van der Waals surface area contributed by atoms with E-state index in [2.05, 4.69) is 16.0 Å². The molecule has 3 atom stereocenters. The Balaban J connectivity index is 2.75. The Morgan fingerprint density at radius 2 is 1.39 bits per heavy atom. The number of amides is 3. The molecule has 9 heteroatoms. The minimum absolute atomic E-state index is 0.0818. The molecule has 0 saturated heterocycles. The van der Waals surface area contributed by atoms with Crippen molar-refractivity contribution in [3.05, 3.63) is 35.9 Å². The summed E-state index contributed by atoms with van der Waals surface area (Å²) in [6.45, 7) is 15.0. The highest BCUT2D eigenvalue weighted by Crippen LogP contribution is 2.14. The second kappa shape index (κ2) is 16.2. The molecule has 0 fully saturated rings. The summed E-state index contributed by atoms with van der Waals surface area (Å²) in [5.41, 5.74) is 0.839. The molecule has 1 rings (SSSR count). The number of carbonyl (C=O) groups excluding carboxylic acids is 3. The summed E-state index contributed by atoms with van der Waals surface area (Å²) < 4.78 is 17.1. The molecular formula is C27H45N3O6. The predicted octanol–water partition coefficient (Wildman–Crippen LogP) is 3.90. The number of hydrogen-bond acceptors (Lipinski definition) is 6. The highest BCUT2D eigenvalue weighted by atomic mass is 16.7. The van der Waals surface area contributed by atoms with Gasteiger partial charge in [-0.15, -0.1) is 0 Å². The molecule has 36 heavy (non-hydrogen) atoms. The Morgan fingerprint density at radius 3 is 1.89 bits per heavy atom. The Bertz CT molecular complexity index is 790. The second-order valence-corrected chi connectivity index (χ2v) is 9.80. The fourth-order valence-corrected chi connectivity index (χ4v) is 3.45.